The van der Waals surface area contributed by atoms with E-state index in [0.29, 0.717) is 5.82 Å². The Morgan fingerprint density at radius 1 is 1.37 bits per heavy atom. The Bertz CT molecular complexity index is 646. The lowest BCUT2D eigenvalue weighted by Crippen LogP contribution is -2.08. The highest BCUT2D eigenvalue weighted by Crippen LogP contribution is 2.29. The second kappa shape index (κ2) is 5.06. The standard InChI is InChI=1S/C13H11F2N3O/c1-18-4-3-17-13(18)9(7-16)8-5-11(15)12(19-2)6-10(8)14/h3-6,9H,1-2H3. The third-order valence-electron chi connectivity index (χ3n) is 2.83. The van der Waals surface area contributed by atoms with E-state index in [-0.39, 0.29) is 11.3 Å². The molecule has 1 atom stereocenters. The summed E-state index contributed by atoms with van der Waals surface area (Å²) >= 11 is 0. The molecule has 1 aromatic carbocycles. The number of rotatable bonds is 3. The molecule has 1 heterocycles. The maximum absolute atomic E-state index is 13.9. The highest BCUT2D eigenvalue weighted by atomic mass is 19.1. The number of ether oxygens (including phenoxy) is 1. The fraction of sp³-hybridized carbons (Fsp3) is 0.231. The minimum atomic E-state index is -0.972. The molecule has 0 aliphatic carbocycles. The molecule has 0 aliphatic heterocycles. The highest BCUT2D eigenvalue weighted by Gasteiger charge is 2.23. The topological polar surface area (TPSA) is 50.8 Å². The van der Waals surface area contributed by atoms with Crippen LogP contribution in [0, 0.1) is 23.0 Å². The van der Waals surface area contributed by atoms with Gasteiger partial charge in [0.05, 0.1) is 13.2 Å². The molecular weight excluding hydrogens is 252 g/mol. The van der Waals surface area contributed by atoms with Crippen molar-refractivity contribution >= 4 is 0 Å². The quantitative estimate of drug-likeness (QED) is 0.854. The molecule has 0 N–H and O–H groups in total. The van der Waals surface area contributed by atoms with Gasteiger partial charge < -0.3 is 9.30 Å². The lowest BCUT2D eigenvalue weighted by atomic mass is 9.98. The van der Waals surface area contributed by atoms with E-state index in [1.807, 2.05) is 6.07 Å². The van der Waals surface area contributed by atoms with Crippen LogP contribution in [0.1, 0.15) is 17.3 Å². The van der Waals surface area contributed by atoms with Gasteiger partial charge in [0.1, 0.15) is 17.6 Å². The number of imidazole rings is 1. The Hall–Kier alpha value is -2.42. The van der Waals surface area contributed by atoms with Gasteiger partial charge in [-0.3, -0.25) is 0 Å². The van der Waals surface area contributed by atoms with E-state index in [1.165, 1.54) is 13.3 Å². The average Bonchev–Trinajstić information content (AvgIpc) is 2.80. The number of aryl methyl sites for hydroxylation is 1. The van der Waals surface area contributed by atoms with Gasteiger partial charge in [0, 0.05) is 31.1 Å². The predicted molar refractivity (Wildman–Crippen MR) is 63.6 cm³/mol. The first-order valence-electron chi connectivity index (χ1n) is 5.48. The fourth-order valence-electron chi connectivity index (χ4n) is 1.84. The number of nitrogens with zero attached hydrogens (tertiary/aromatic N) is 3. The zero-order valence-electron chi connectivity index (χ0n) is 10.4. The molecule has 19 heavy (non-hydrogen) atoms. The fourth-order valence-corrected chi connectivity index (χ4v) is 1.84. The largest absolute Gasteiger partial charge is 0.494 e. The van der Waals surface area contributed by atoms with Crippen molar-refractivity contribution in [3.05, 3.63) is 47.5 Å². The van der Waals surface area contributed by atoms with Gasteiger partial charge in [-0.2, -0.15) is 5.26 Å². The van der Waals surface area contributed by atoms with E-state index in [9.17, 15) is 14.0 Å². The first-order chi connectivity index (χ1) is 9.08. The van der Waals surface area contributed by atoms with E-state index >= 15 is 0 Å². The summed E-state index contributed by atoms with van der Waals surface area (Å²) in [5.74, 6) is -2.23. The van der Waals surface area contributed by atoms with E-state index < -0.39 is 17.6 Å². The zero-order chi connectivity index (χ0) is 14.0. The Labute approximate surface area is 108 Å². The van der Waals surface area contributed by atoms with Crippen molar-refractivity contribution in [3.63, 3.8) is 0 Å². The second-order valence-corrected chi connectivity index (χ2v) is 3.97. The van der Waals surface area contributed by atoms with Gasteiger partial charge in [-0.05, 0) is 6.07 Å². The molecule has 0 spiro atoms. The van der Waals surface area contributed by atoms with Crippen LogP contribution in [0.2, 0.25) is 0 Å². The predicted octanol–water partition coefficient (Wildman–Crippen LogP) is 2.36. The van der Waals surface area contributed by atoms with Crippen LogP contribution in [0.15, 0.2) is 24.5 Å². The Morgan fingerprint density at radius 3 is 2.63 bits per heavy atom. The van der Waals surface area contributed by atoms with Crippen molar-refractivity contribution in [2.75, 3.05) is 7.11 Å². The molecule has 2 rings (SSSR count). The molecule has 0 bridgehead atoms. The lowest BCUT2D eigenvalue weighted by Gasteiger charge is -2.12. The van der Waals surface area contributed by atoms with Gasteiger partial charge in [-0.15, -0.1) is 0 Å². The number of benzene rings is 1. The summed E-state index contributed by atoms with van der Waals surface area (Å²) in [4.78, 5) is 4.00. The van der Waals surface area contributed by atoms with E-state index in [2.05, 4.69) is 9.72 Å². The smallest absolute Gasteiger partial charge is 0.165 e. The lowest BCUT2D eigenvalue weighted by molar-refractivity contribution is 0.381. The minimum Gasteiger partial charge on any atom is -0.494 e. The van der Waals surface area contributed by atoms with Crippen LogP contribution in [0.3, 0.4) is 0 Å². The van der Waals surface area contributed by atoms with Crippen molar-refractivity contribution in [3.8, 4) is 11.8 Å². The maximum Gasteiger partial charge on any atom is 0.165 e. The van der Waals surface area contributed by atoms with Crippen LogP contribution in [0.5, 0.6) is 5.75 Å². The number of hydrogen-bond acceptors (Lipinski definition) is 3. The normalized spacial score (nSPS) is 11.9. The second-order valence-electron chi connectivity index (χ2n) is 3.97. The van der Waals surface area contributed by atoms with Crippen LogP contribution in [-0.2, 0) is 7.05 Å². The van der Waals surface area contributed by atoms with Crippen LogP contribution in [0.25, 0.3) is 0 Å². The van der Waals surface area contributed by atoms with Crippen molar-refractivity contribution in [1.29, 1.82) is 5.26 Å². The Kier molecular flexibility index (Phi) is 3.47. The summed E-state index contributed by atoms with van der Waals surface area (Å²) in [6.45, 7) is 0. The van der Waals surface area contributed by atoms with Crippen molar-refractivity contribution in [1.82, 2.24) is 9.55 Å². The molecule has 0 saturated heterocycles. The van der Waals surface area contributed by atoms with Crippen molar-refractivity contribution < 1.29 is 13.5 Å². The molecule has 1 unspecified atom stereocenters. The zero-order valence-corrected chi connectivity index (χ0v) is 10.4. The number of hydrogen-bond donors (Lipinski definition) is 0. The highest BCUT2D eigenvalue weighted by molar-refractivity contribution is 5.38. The summed E-state index contributed by atoms with van der Waals surface area (Å²) in [6, 6.07) is 3.83. The van der Waals surface area contributed by atoms with Crippen LogP contribution in [0.4, 0.5) is 8.78 Å². The summed E-state index contributed by atoms with van der Waals surface area (Å²) in [7, 11) is 2.93. The van der Waals surface area contributed by atoms with Crippen LogP contribution >= 0.6 is 0 Å². The SMILES string of the molecule is COc1cc(F)c(C(C#N)c2nccn2C)cc1F. The first kappa shape index (κ1) is 13.0. The van der Waals surface area contributed by atoms with Gasteiger partial charge >= 0.3 is 0 Å². The number of methoxy groups -OCH3 is 1. The molecule has 2 aromatic rings. The molecule has 0 amide bonds. The number of aromatic nitrogens is 2. The van der Waals surface area contributed by atoms with Gasteiger partial charge in [0.25, 0.3) is 0 Å². The van der Waals surface area contributed by atoms with Crippen molar-refractivity contribution in [2.45, 2.75) is 5.92 Å². The summed E-state index contributed by atoms with van der Waals surface area (Å²) in [6.07, 6.45) is 3.13. The van der Waals surface area contributed by atoms with Gasteiger partial charge in [0.15, 0.2) is 11.6 Å². The Morgan fingerprint density at radius 2 is 2.11 bits per heavy atom. The molecule has 0 radical (unpaired) electrons. The Balaban J connectivity index is 2.54. The van der Waals surface area contributed by atoms with Crippen LogP contribution < -0.4 is 4.74 Å². The molecular formula is C13H11F2N3O. The summed E-state index contributed by atoms with van der Waals surface area (Å²) in [5, 5.41) is 9.19. The van der Waals surface area contributed by atoms with E-state index in [4.69, 9.17) is 0 Å². The van der Waals surface area contributed by atoms with Crippen molar-refractivity contribution in [2.24, 2.45) is 7.05 Å². The monoisotopic (exact) mass is 263 g/mol. The molecule has 0 fully saturated rings. The number of nitriles is 1. The average molecular weight is 263 g/mol. The maximum atomic E-state index is 13.9. The molecule has 1 aromatic heterocycles. The third-order valence-corrected chi connectivity index (χ3v) is 2.83. The van der Waals surface area contributed by atoms with E-state index in [0.717, 1.165) is 12.1 Å². The van der Waals surface area contributed by atoms with Crippen LogP contribution in [-0.4, -0.2) is 16.7 Å². The summed E-state index contributed by atoms with van der Waals surface area (Å²) in [5.41, 5.74) is -0.0601. The van der Waals surface area contributed by atoms with Gasteiger partial charge in [0.2, 0.25) is 0 Å². The van der Waals surface area contributed by atoms with Gasteiger partial charge in [-0.25, -0.2) is 13.8 Å². The molecule has 4 nitrogen and oxygen atoms in total. The molecule has 0 saturated carbocycles. The number of halogens is 2. The van der Waals surface area contributed by atoms with Gasteiger partial charge in [-0.1, -0.05) is 0 Å². The molecule has 98 valence electrons. The molecule has 6 heteroatoms. The minimum absolute atomic E-state index is 0.0601. The van der Waals surface area contributed by atoms with E-state index in [1.54, 1.807) is 17.8 Å². The first-order valence-corrected chi connectivity index (χ1v) is 5.48. The summed E-state index contributed by atoms with van der Waals surface area (Å²) < 4.78 is 33.9. The third kappa shape index (κ3) is 2.27. The molecule has 0 aliphatic rings.